The fraction of sp³-hybridized carbons (Fsp3) is 0.364. The van der Waals surface area contributed by atoms with Gasteiger partial charge in [0.05, 0.1) is 11.9 Å². The van der Waals surface area contributed by atoms with Crippen LogP contribution in [0.15, 0.2) is 73.1 Å². The van der Waals surface area contributed by atoms with E-state index in [9.17, 15) is 9.59 Å². The summed E-state index contributed by atoms with van der Waals surface area (Å²) in [6, 6.07) is 19.7. The van der Waals surface area contributed by atoms with E-state index in [1.165, 1.54) is 5.56 Å². The van der Waals surface area contributed by atoms with Gasteiger partial charge in [-0.15, -0.1) is 0 Å². The topological polar surface area (TPSA) is 85.2 Å². The Morgan fingerprint density at radius 1 is 0.810 bits per heavy atom. The fourth-order valence-corrected chi connectivity index (χ4v) is 5.87. The van der Waals surface area contributed by atoms with E-state index in [-0.39, 0.29) is 11.7 Å². The summed E-state index contributed by atoms with van der Waals surface area (Å²) in [6.45, 7) is 8.22. The van der Waals surface area contributed by atoms with Crippen LogP contribution in [0, 0.1) is 0 Å². The monoisotopic (exact) mass is 566 g/mol. The Morgan fingerprint density at radius 2 is 1.57 bits per heavy atom. The molecule has 9 nitrogen and oxygen atoms in total. The molecular weight excluding hydrogens is 528 g/mol. The number of amides is 1. The molecule has 4 heterocycles. The molecule has 1 N–H and O–H groups in total. The summed E-state index contributed by atoms with van der Waals surface area (Å²) in [7, 11) is 2.16. The number of fused-ring (bicyclic) bond motifs is 1. The second-order valence-electron chi connectivity index (χ2n) is 11.4. The smallest absolute Gasteiger partial charge is 0.253 e. The molecule has 2 fully saturated rings. The van der Waals surface area contributed by atoms with Crippen molar-refractivity contribution in [1.82, 2.24) is 24.3 Å². The molecule has 0 bridgehead atoms. The second-order valence-corrected chi connectivity index (χ2v) is 11.4. The Balaban J connectivity index is 1.06. The molecule has 2 aliphatic heterocycles. The number of anilines is 1. The number of benzene rings is 2. The van der Waals surface area contributed by atoms with Crippen LogP contribution in [0.25, 0.3) is 11.0 Å². The molecule has 0 unspecified atom stereocenters. The van der Waals surface area contributed by atoms with Crippen molar-refractivity contribution >= 4 is 28.4 Å². The molecule has 2 saturated heterocycles. The van der Waals surface area contributed by atoms with Crippen LogP contribution in [0.2, 0.25) is 0 Å². The number of piperazine rings is 2. The number of carbonyl (C=O) groups excluding carboxylic acids is 2. The lowest BCUT2D eigenvalue weighted by Crippen LogP contribution is -2.48. The number of Topliss-reactive ketones (excluding diaryl/α,β-unsaturated/α-hetero) is 1. The van der Waals surface area contributed by atoms with Crippen molar-refractivity contribution < 1.29 is 14.7 Å². The summed E-state index contributed by atoms with van der Waals surface area (Å²) in [6.07, 6.45) is 3.95. The maximum atomic E-state index is 13.4. The van der Waals surface area contributed by atoms with E-state index in [0.29, 0.717) is 25.2 Å². The molecule has 42 heavy (non-hydrogen) atoms. The number of nitrogens with zero attached hydrogens (tertiary/aromatic N) is 6. The van der Waals surface area contributed by atoms with Gasteiger partial charge in [-0.2, -0.15) is 0 Å². The molecule has 4 aromatic rings. The van der Waals surface area contributed by atoms with Crippen LogP contribution in [-0.4, -0.2) is 107 Å². The Morgan fingerprint density at radius 3 is 2.31 bits per heavy atom. The average Bonchev–Trinajstić information content (AvgIpc) is 3.43. The van der Waals surface area contributed by atoms with Gasteiger partial charge in [0.2, 0.25) is 0 Å². The van der Waals surface area contributed by atoms with Gasteiger partial charge in [0, 0.05) is 88.2 Å². The third-order valence-electron chi connectivity index (χ3n) is 8.47. The normalized spacial score (nSPS) is 16.7. The van der Waals surface area contributed by atoms with E-state index < -0.39 is 6.61 Å². The standard InChI is InChI=1S/C33H38N6O3/c1-35-11-13-36(14-12-35)22-26-3-2-4-29(19-26)33(42)38-17-15-37(16-18-38)30-20-28-9-10-39(32(28)34-21-30)23-25-5-7-27(8-6-25)31(41)24-40/h2-10,19-21,40H,11-18,22-24H2,1H3. The molecule has 0 aliphatic carbocycles. The number of aliphatic hydroxyl groups excluding tert-OH is 1. The Bertz CT molecular complexity index is 1550. The van der Waals surface area contributed by atoms with Crippen LogP contribution in [0.4, 0.5) is 5.69 Å². The Hall–Kier alpha value is -4.05. The fourth-order valence-electron chi connectivity index (χ4n) is 5.87. The van der Waals surface area contributed by atoms with E-state index in [4.69, 9.17) is 10.1 Å². The van der Waals surface area contributed by atoms with Crippen molar-refractivity contribution in [2.75, 3.05) is 70.9 Å². The Labute approximate surface area is 246 Å². The molecule has 2 aromatic carbocycles. The third-order valence-corrected chi connectivity index (χ3v) is 8.47. The molecule has 6 rings (SSSR count). The lowest BCUT2D eigenvalue weighted by atomic mass is 10.1. The Kier molecular flexibility index (Phi) is 8.32. The summed E-state index contributed by atoms with van der Waals surface area (Å²) in [5.41, 5.74) is 5.50. The van der Waals surface area contributed by atoms with Gasteiger partial charge in [0.15, 0.2) is 5.78 Å². The van der Waals surface area contributed by atoms with Crippen LogP contribution < -0.4 is 4.90 Å². The first-order valence-corrected chi connectivity index (χ1v) is 14.7. The number of rotatable bonds is 8. The van der Waals surface area contributed by atoms with Gasteiger partial charge in [-0.1, -0.05) is 36.4 Å². The minimum atomic E-state index is -0.482. The molecule has 0 saturated carbocycles. The average molecular weight is 567 g/mol. The summed E-state index contributed by atoms with van der Waals surface area (Å²) < 4.78 is 2.09. The first-order chi connectivity index (χ1) is 20.5. The number of hydrogen-bond donors (Lipinski definition) is 1. The van der Waals surface area contributed by atoms with Crippen LogP contribution >= 0.6 is 0 Å². The van der Waals surface area contributed by atoms with Gasteiger partial charge in [-0.3, -0.25) is 14.5 Å². The van der Waals surface area contributed by atoms with Crippen molar-refractivity contribution in [3.63, 3.8) is 0 Å². The van der Waals surface area contributed by atoms with Crippen LogP contribution in [0.3, 0.4) is 0 Å². The minimum absolute atomic E-state index is 0.106. The van der Waals surface area contributed by atoms with Gasteiger partial charge in [-0.05, 0) is 42.4 Å². The molecule has 0 radical (unpaired) electrons. The van der Waals surface area contributed by atoms with E-state index in [1.54, 1.807) is 12.1 Å². The first kappa shape index (κ1) is 28.1. The highest BCUT2D eigenvalue weighted by molar-refractivity contribution is 5.97. The number of aliphatic hydroxyl groups is 1. The predicted octanol–water partition coefficient (Wildman–Crippen LogP) is 2.97. The second kappa shape index (κ2) is 12.4. The molecule has 9 heteroatoms. The van der Waals surface area contributed by atoms with Gasteiger partial charge >= 0.3 is 0 Å². The molecule has 218 valence electrons. The van der Waals surface area contributed by atoms with Crippen molar-refractivity contribution in [2.45, 2.75) is 13.1 Å². The van der Waals surface area contributed by atoms with E-state index in [2.05, 4.69) is 50.6 Å². The lowest BCUT2D eigenvalue weighted by Gasteiger charge is -2.36. The minimum Gasteiger partial charge on any atom is -0.388 e. The lowest BCUT2D eigenvalue weighted by molar-refractivity contribution is 0.0746. The SMILES string of the molecule is CN1CCN(Cc2cccc(C(=O)N3CCN(c4cnc5c(ccn5Cc5ccc(C(=O)CO)cc5)c4)CC3)c2)CC1. The molecule has 0 atom stereocenters. The number of pyridine rings is 1. The quantitative estimate of drug-likeness (QED) is 0.328. The molecule has 0 spiro atoms. The molecule has 2 aromatic heterocycles. The van der Waals surface area contributed by atoms with Gasteiger partial charge in [-0.25, -0.2) is 4.98 Å². The largest absolute Gasteiger partial charge is 0.388 e. The van der Waals surface area contributed by atoms with Gasteiger partial charge < -0.3 is 24.4 Å². The number of hydrogen-bond acceptors (Lipinski definition) is 7. The summed E-state index contributed by atoms with van der Waals surface area (Å²) in [5.74, 6) is -0.174. The highest BCUT2D eigenvalue weighted by atomic mass is 16.3. The van der Waals surface area contributed by atoms with Crippen molar-refractivity contribution in [2.24, 2.45) is 0 Å². The van der Waals surface area contributed by atoms with Crippen molar-refractivity contribution in [3.8, 4) is 0 Å². The number of ketones is 1. The molecular formula is C33H38N6O3. The summed E-state index contributed by atoms with van der Waals surface area (Å²) in [5, 5.41) is 10.1. The van der Waals surface area contributed by atoms with Crippen molar-refractivity contribution in [1.29, 1.82) is 0 Å². The van der Waals surface area contributed by atoms with Crippen LogP contribution in [0.1, 0.15) is 31.8 Å². The van der Waals surface area contributed by atoms with E-state index >= 15 is 0 Å². The zero-order valence-corrected chi connectivity index (χ0v) is 24.2. The zero-order chi connectivity index (χ0) is 29.1. The maximum absolute atomic E-state index is 13.4. The van der Waals surface area contributed by atoms with Crippen LogP contribution in [-0.2, 0) is 13.1 Å². The van der Waals surface area contributed by atoms with E-state index in [1.807, 2.05) is 41.6 Å². The summed E-state index contributed by atoms with van der Waals surface area (Å²) in [4.78, 5) is 38.9. The summed E-state index contributed by atoms with van der Waals surface area (Å²) >= 11 is 0. The number of aromatic nitrogens is 2. The predicted molar refractivity (Wildman–Crippen MR) is 164 cm³/mol. The van der Waals surface area contributed by atoms with E-state index in [0.717, 1.165) is 73.7 Å². The van der Waals surface area contributed by atoms with Gasteiger partial charge in [0.1, 0.15) is 12.3 Å². The molecule has 1 amide bonds. The van der Waals surface area contributed by atoms with Crippen molar-refractivity contribution in [3.05, 3.63) is 95.3 Å². The van der Waals surface area contributed by atoms with Crippen LogP contribution in [0.5, 0.6) is 0 Å². The zero-order valence-electron chi connectivity index (χ0n) is 24.2. The number of likely N-dealkylation sites (N-methyl/N-ethyl adjacent to an activating group) is 1. The van der Waals surface area contributed by atoms with Gasteiger partial charge in [0.25, 0.3) is 5.91 Å². The third kappa shape index (κ3) is 6.23. The highest BCUT2D eigenvalue weighted by Gasteiger charge is 2.23. The first-order valence-electron chi connectivity index (χ1n) is 14.7. The maximum Gasteiger partial charge on any atom is 0.253 e. The highest BCUT2D eigenvalue weighted by Crippen LogP contribution is 2.24. The number of carbonyl (C=O) groups is 2. The molecule has 2 aliphatic rings.